The Morgan fingerprint density at radius 1 is 0.526 bits per heavy atom. The van der Waals surface area contributed by atoms with Crippen LogP contribution in [0.3, 0.4) is 0 Å². The number of thiophene rings is 1. The zero-order chi connectivity index (χ0) is 37.5. The number of nitrogens with zero attached hydrogens (tertiary/aromatic N) is 3. The molecule has 0 bridgehead atoms. The van der Waals surface area contributed by atoms with Crippen molar-refractivity contribution in [2.24, 2.45) is 9.98 Å². The SMILES string of the molecule is c1ccc(C2=NC(c3cccc4oc5c(-c6cccc7sc8cc(-n9c%10ccccc%10c%10ccccc%109)ccc8c67)cccc5c34)NC(c3ccccc3)=N2)cc1. The van der Waals surface area contributed by atoms with E-state index in [1.165, 1.54) is 42.0 Å². The van der Waals surface area contributed by atoms with E-state index in [9.17, 15) is 0 Å². The van der Waals surface area contributed by atoms with Gasteiger partial charge in [0.25, 0.3) is 0 Å². The summed E-state index contributed by atoms with van der Waals surface area (Å²) in [7, 11) is 0. The lowest BCUT2D eigenvalue weighted by Crippen LogP contribution is -2.33. The normalized spacial score (nSPS) is 14.5. The molecule has 57 heavy (non-hydrogen) atoms. The number of fused-ring (bicyclic) bond motifs is 9. The maximum atomic E-state index is 6.87. The molecule has 268 valence electrons. The first-order chi connectivity index (χ1) is 28.3. The zero-order valence-electron chi connectivity index (χ0n) is 30.6. The van der Waals surface area contributed by atoms with E-state index in [4.69, 9.17) is 14.4 Å². The van der Waals surface area contributed by atoms with Gasteiger partial charge in [-0.15, -0.1) is 11.3 Å². The largest absolute Gasteiger partial charge is 0.455 e. The fraction of sp³-hybridized carbons (Fsp3) is 0.0196. The molecule has 3 aromatic heterocycles. The number of hydrogen-bond donors (Lipinski definition) is 1. The zero-order valence-corrected chi connectivity index (χ0v) is 31.4. The smallest absolute Gasteiger partial charge is 0.159 e. The summed E-state index contributed by atoms with van der Waals surface area (Å²) in [6, 6.07) is 64.2. The highest BCUT2D eigenvalue weighted by Crippen LogP contribution is 2.45. The van der Waals surface area contributed by atoms with E-state index < -0.39 is 0 Å². The van der Waals surface area contributed by atoms with Gasteiger partial charge in [0.15, 0.2) is 5.84 Å². The summed E-state index contributed by atoms with van der Waals surface area (Å²) in [6.07, 6.45) is -0.381. The minimum atomic E-state index is -0.381. The Balaban J connectivity index is 1.01. The van der Waals surface area contributed by atoms with Gasteiger partial charge in [-0.2, -0.15) is 0 Å². The molecule has 0 aliphatic carbocycles. The third kappa shape index (κ3) is 5.01. The van der Waals surface area contributed by atoms with E-state index in [1.54, 1.807) is 0 Å². The molecule has 12 rings (SSSR count). The standard InChI is InChI=1S/C51H32N4OS/c1-3-14-31(15-4-1)49-52-50(32-16-5-2-6-17-32)54-51(53-49)40-23-12-26-43-46(40)39-22-11-21-37(48(39)56-43)36-20-13-27-44-47(36)38-29-28-33(30-45(38)57-44)55-41-24-9-7-18-34(41)35-19-8-10-25-42(35)55/h1-30,51H,(H,52,53,54). The van der Waals surface area contributed by atoms with Gasteiger partial charge in [0, 0.05) is 69.7 Å². The first kappa shape index (κ1) is 32.0. The molecule has 0 spiro atoms. The number of hydrogen-bond acceptors (Lipinski definition) is 5. The van der Waals surface area contributed by atoms with Crippen molar-refractivity contribution in [3.05, 3.63) is 199 Å². The number of rotatable bonds is 5. The number of benzene rings is 8. The molecule has 5 nitrogen and oxygen atoms in total. The van der Waals surface area contributed by atoms with Gasteiger partial charge in [0.1, 0.15) is 23.2 Å². The number of nitrogens with one attached hydrogen (secondary N) is 1. The number of para-hydroxylation sites is 3. The monoisotopic (exact) mass is 748 g/mol. The molecule has 0 fully saturated rings. The van der Waals surface area contributed by atoms with Crippen molar-refractivity contribution >= 4 is 86.9 Å². The summed E-state index contributed by atoms with van der Waals surface area (Å²) in [4.78, 5) is 10.2. The minimum absolute atomic E-state index is 0.381. The lowest BCUT2D eigenvalue weighted by atomic mass is 9.96. The third-order valence-corrected chi connectivity index (χ3v) is 12.4. The van der Waals surface area contributed by atoms with Crippen molar-refractivity contribution in [1.82, 2.24) is 9.88 Å². The van der Waals surface area contributed by atoms with Crippen LogP contribution >= 0.6 is 11.3 Å². The molecule has 1 aliphatic rings. The number of amidine groups is 2. The minimum Gasteiger partial charge on any atom is -0.455 e. The van der Waals surface area contributed by atoms with Crippen LogP contribution in [0.1, 0.15) is 22.9 Å². The Morgan fingerprint density at radius 2 is 1.19 bits per heavy atom. The predicted molar refractivity (Wildman–Crippen MR) is 238 cm³/mol. The van der Waals surface area contributed by atoms with Gasteiger partial charge >= 0.3 is 0 Å². The molecule has 1 N–H and O–H groups in total. The average Bonchev–Trinajstić information content (AvgIpc) is 3.96. The summed E-state index contributed by atoms with van der Waals surface area (Å²) in [5.74, 6) is 1.48. The van der Waals surface area contributed by atoms with Crippen molar-refractivity contribution < 1.29 is 4.42 Å². The summed E-state index contributed by atoms with van der Waals surface area (Å²) >= 11 is 1.84. The molecule has 0 radical (unpaired) electrons. The van der Waals surface area contributed by atoms with Crippen LogP contribution in [0.2, 0.25) is 0 Å². The van der Waals surface area contributed by atoms with Crippen LogP contribution in [0.4, 0.5) is 0 Å². The first-order valence-corrected chi connectivity index (χ1v) is 20.0. The van der Waals surface area contributed by atoms with Gasteiger partial charge in [0.2, 0.25) is 0 Å². The summed E-state index contributed by atoms with van der Waals surface area (Å²) in [5, 5.41) is 10.8. The van der Waals surface area contributed by atoms with Gasteiger partial charge in [0.05, 0.1) is 11.0 Å². The fourth-order valence-corrected chi connectivity index (χ4v) is 9.93. The van der Waals surface area contributed by atoms with Crippen LogP contribution in [0.15, 0.2) is 196 Å². The Morgan fingerprint density at radius 3 is 1.98 bits per heavy atom. The molecule has 0 amide bonds. The van der Waals surface area contributed by atoms with Crippen LogP contribution in [0.25, 0.3) is 80.7 Å². The highest BCUT2D eigenvalue weighted by molar-refractivity contribution is 7.26. The number of aromatic nitrogens is 1. The third-order valence-electron chi connectivity index (χ3n) is 11.3. The van der Waals surface area contributed by atoms with Crippen LogP contribution in [0.5, 0.6) is 0 Å². The topological polar surface area (TPSA) is 54.8 Å². The van der Waals surface area contributed by atoms with Crippen LogP contribution in [0, 0.1) is 0 Å². The predicted octanol–water partition coefficient (Wildman–Crippen LogP) is 13.2. The molecule has 4 heterocycles. The second kappa shape index (κ2) is 12.6. The molecular weight excluding hydrogens is 717 g/mol. The van der Waals surface area contributed by atoms with Gasteiger partial charge in [-0.1, -0.05) is 146 Å². The molecule has 0 saturated heterocycles. The van der Waals surface area contributed by atoms with Gasteiger partial charge in [-0.3, -0.25) is 0 Å². The molecule has 0 saturated carbocycles. The first-order valence-electron chi connectivity index (χ1n) is 19.2. The second-order valence-corrected chi connectivity index (χ2v) is 15.6. The molecule has 1 atom stereocenters. The lowest BCUT2D eigenvalue weighted by Gasteiger charge is -2.24. The van der Waals surface area contributed by atoms with E-state index in [2.05, 4.69) is 155 Å². The summed E-state index contributed by atoms with van der Waals surface area (Å²) in [5.41, 5.74) is 10.5. The van der Waals surface area contributed by atoms with E-state index in [-0.39, 0.29) is 6.17 Å². The number of furan rings is 1. The molecule has 8 aromatic carbocycles. The maximum absolute atomic E-state index is 6.87. The molecule has 6 heteroatoms. The van der Waals surface area contributed by atoms with E-state index in [0.29, 0.717) is 5.84 Å². The van der Waals surface area contributed by atoms with Crippen LogP contribution in [-0.2, 0) is 0 Å². The van der Waals surface area contributed by atoms with Gasteiger partial charge in [-0.05, 0) is 42.0 Å². The van der Waals surface area contributed by atoms with E-state index in [0.717, 1.165) is 61.3 Å². The van der Waals surface area contributed by atoms with E-state index >= 15 is 0 Å². The quantitative estimate of drug-likeness (QED) is 0.191. The van der Waals surface area contributed by atoms with Gasteiger partial charge in [-0.25, -0.2) is 9.98 Å². The van der Waals surface area contributed by atoms with Crippen molar-refractivity contribution in [2.75, 3.05) is 0 Å². The molecule has 1 aliphatic heterocycles. The second-order valence-electron chi connectivity index (χ2n) is 14.5. The Kier molecular flexibility index (Phi) is 7.09. The van der Waals surface area contributed by atoms with Crippen molar-refractivity contribution in [3.63, 3.8) is 0 Å². The summed E-state index contributed by atoms with van der Waals surface area (Å²) in [6.45, 7) is 0. The Labute approximate surface area is 331 Å². The molecule has 11 aromatic rings. The number of aliphatic imine (C=N–C) groups is 2. The summed E-state index contributed by atoms with van der Waals surface area (Å²) < 4.78 is 11.8. The van der Waals surface area contributed by atoms with Crippen molar-refractivity contribution in [1.29, 1.82) is 0 Å². The molecular formula is C51H32N4OS. The van der Waals surface area contributed by atoms with E-state index in [1.807, 2.05) is 47.7 Å². The average molecular weight is 749 g/mol. The lowest BCUT2D eigenvalue weighted by molar-refractivity contribution is 0.663. The highest BCUT2D eigenvalue weighted by atomic mass is 32.1. The Hall–Kier alpha value is -7.28. The fourth-order valence-electron chi connectivity index (χ4n) is 8.76. The Bertz CT molecular complexity index is 3390. The van der Waals surface area contributed by atoms with Crippen LogP contribution in [-0.4, -0.2) is 16.2 Å². The van der Waals surface area contributed by atoms with Crippen LogP contribution < -0.4 is 5.32 Å². The van der Waals surface area contributed by atoms with Crippen molar-refractivity contribution in [3.8, 4) is 16.8 Å². The maximum Gasteiger partial charge on any atom is 0.159 e. The molecule has 1 unspecified atom stereocenters. The van der Waals surface area contributed by atoms with Gasteiger partial charge < -0.3 is 14.3 Å². The van der Waals surface area contributed by atoms with Crippen molar-refractivity contribution in [2.45, 2.75) is 6.17 Å². The highest BCUT2D eigenvalue weighted by Gasteiger charge is 2.26.